The molecular formula is C18H22N4O2. The van der Waals surface area contributed by atoms with E-state index in [9.17, 15) is 4.79 Å². The lowest BCUT2D eigenvalue weighted by molar-refractivity contribution is 0.0755. The number of ether oxygens (including phenoxy) is 1. The van der Waals surface area contributed by atoms with Crippen LogP contribution < -0.4 is 10.1 Å². The number of nitrogens with zero attached hydrogens (tertiary/aromatic N) is 3. The lowest BCUT2D eigenvalue weighted by atomic mass is 10.2. The monoisotopic (exact) mass is 326 g/mol. The van der Waals surface area contributed by atoms with Crippen molar-refractivity contribution < 1.29 is 9.53 Å². The normalized spacial score (nSPS) is 14.8. The maximum atomic E-state index is 12.5. The van der Waals surface area contributed by atoms with Crippen molar-refractivity contribution >= 4 is 17.4 Å². The molecule has 3 rings (SSSR count). The summed E-state index contributed by atoms with van der Waals surface area (Å²) in [5.74, 6) is 1.37. The number of methoxy groups -OCH3 is 1. The highest BCUT2D eigenvalue weighted by atomic mass is 16.5. The molecule has 0 bridgehead atoms. The van der Waals surface area contributed by atoms with E-state index in [1.165, 1.54) is 12.8 Å². The summed E-state index contributed by atoms with van der Waals surface area (Å²) >= 11 is 0. The van der Waals surface area contributed by atoms with Gasteiger partial charge < -0.3 is 15.0 Å². The standard InChI is InChI=1S/C18H22N4O2/c1-24-15-8-6-14(7-9-15)21-17-13-19-16(12-20-17)18(23)22-10-4-2-3-5-11-22/h6-9,12-13H,2-5,10-11H2,1H3,(H,20,21). The Morgan fingerprint density at radius 3 is 2.33 bits per heavy atom. The van der Waals surface area contributed by atoms with Crippen LogP contribution in [0.4, 0.5) is 11.5 Å². The van der Waals surface area contributed by atoms with Crippen LogP contribution in [0, 0.1) is 0 Å². The van der Waals surface area contributed by atoms with Crippen LogP contribution in [-0.4, -0.2) is 41.0 Å². The van der Waals surface area contributed by atoms with Crippen molar-refractivity contribution in [2.24, 2.45) is 0 Å². The third-order valence-corrected chi connectivity index (χ3v) is 4.13. The summed E-state index contributed by atoms with van der Waals surface area (Å²) in [7, 11) is 1.63. The Bertz CT molecular complexity index is 662. The fraction of sp³-hybridized carbons (Fsp3) is 0.389. The molecule has 0 saturated carbocycles. The van der Waals surface area contributed by atoms with Gasteiger partial charge in [0.15, 0.2) is 0 Å². The Morgan fingerprint density at radius 2 is 1.75 bits per heavy atom. The lowest BCUT2D eigenvalue weighted by Crippen LogP contribution is -2.32. The molecule has 0 aliphatic carbocycles. The van der Waals surface area contributed by atoms with Gasteiger partial charge in [0, 0.05) is 18.8 Å². The molecule has 24 heavy (non-hydrogen) atoms. The molecule has 2 aromatic rings. The zero-order valence-corrected chi connectivity index (χ0v) is 13.9. The maximum Gasteiger partial charge on any atom is 0.274 e. The molecule has 0 unspecified atom stereocenters. The van der Waals surface area contributed by atoms with Gasteiger partial charge in [-0.25, -0.2) is 9.97 Å². The molecule has 1 aromatic heterocycles. The summed E-state index contributed by atoms with van der Waals surface area (Å²) in [5, 5.41) is 3.16. The van der Waals surface area contributed by atoms with E-state index in [1.807, 2.05) is 29.2 Å². The van der Waals surface area contributed by atoms with Crippen molar-refractivity contribution in [2.45, 2.75) is 25.7 Å². The first kappa shape index (κ1) is 16.2. The highest BCUT2D eigenvalue weighted by molar-refractivity contribution is 5.92. The Balaban J connectivity index is 1.64. The number of aromatic nitrogens is 2. The minimum absolute atomic E-state index is 0.0274. The molecule has 1 amide bonds. The predicted octanol–water partition coefficient (Wildman–Crippen LogP) is 3.25. The third-order valence-electron chi connectivity index (χ3n) is 4.13. The molecule has 0 spiro atoms. The summed E-state index contributed by atoms with van der Waals surface area (Å²) in [6, 6.07) is 7.54. The lowest BCUT2D eigenvalue weighted by Gasteiger charge is -2.19. The second-order valence-corrected chi connectivity index (χ2v) is 5.85. The van der Waals surface area contributed by atoms with E-state index in [0.717, 1.165) is 37.4 Å². The summed E-state index contributed by atoms with van der Waals surface area (Å²) in [5.41, 5.74) is 1.29. The minimum atomic E-state index is -0.0274. The van der Waals surface area contributed by atoms with Crippen LogP contribution in [0.5, 0.6) is 5.75 Å². The van der Waals surface area contributed by atoms with Crippen molar-refractivity contribution in [1.82, 2.24) is 14.9 Å². The molecule has 2 heterocycles. The van der Waals surface area contributed by atoms with E-state index in [2.05, 4.69) is 15.3 Å². The highest BCUT2D eigenvalue weighted by Crippen LogP contribution is 2.18. The average Bonchev–Trinajstić information content (AvgIpc) is 2.92. The van der Waals surface area contributed by atoms with Gasteiger partial charge in [-0.2, -0.15) is 0 Å². The second-order valence-electron chi connectivity index (χ2n) is 5.85. The van der Waals surface area contributed by atoms with Gasteiger partial charge in [0.1, 0.15) is 17.3 Å². The summed E-state index contributed by atoms with van der Waals surface area (Å²) in [6.07, 6.45) is 7.65. The second kappa shape index (κ2) is 7.77. The Morgan fingerprint density at radius 1 is 1.04 bits per heavy atom. The zero-order chi connectivity index (χ0) is 16.8. The number of anilines is 2. The summed E-state index contributed by atoms with van der Waals surface area (Å²) < 4.78 is 5.13. The van der Waals surface area contributed by atoms with E-state index in [4.69, 9.17) is 4.74 Å². The van der Waals surface area contributed by atoms with Crippen molar-refractivity contribution in [3.63, 3.8) is 0 Å². The fourth-order valence-corrected chi connectivity index (χ4v) is 2.76. The topological polar surface area (TPSA) is 67.3 Å². The molecule has 126 valence electrons. The molecule has 6 heteroatoms. The Labute approximate surface area is 141 Å². The largest absolute Gasteiger partial charge is 0.497 e. The van der Waals surface area contributed by atoms with Gasteiger partial charge in [-0.1, -0.05) is 12.8 Å². The van der Waals surface area contributed by atoms with Crippen molar-refractivity contribution in [1.29, 1.82) is 0 Å². The molecule has 1 fully saturated rings. The number of carbonyl (C=O) groups is 1. The van der Waals surface area contributed by atoms with Gasteiger partial charge in [-0.3, -0.25) is 4.79 Å². The number of carbonyl (C=O) groups excluding carboxylic acids is 1. The van der Waals surface area contributed by atoms with Gasteiger partial charge in [0.2, 0.25) is 0 Å². The number of hydrogen-bond acceptors (Lipinski definition) is 5. The molecule has 0 atom stereocenters. The Kier molecular flexibility index (Phi) is 5.25. The van der Waals surface area contributed by atoms with E-state index < -0.39 is 0 Å². The first-order chi connectivity index (χ1) is 11.8. The molecular weight excluding hydrogens is 304 g/mol. The number of hydrogen-bond donors (Lipinski definition) is 1. The van der Waals surface area contributed by atoms with Crippen LogP contribution in [0.3, 0.4) is 0 Å². The zero-order valence-electron chi connectivity index (χ0n) is 13.9. The van der Waals surface area contributed by atoms with E-state index in [1.54, 1.807) is 19.5 Å². The third kappa shape index (κ3) is 4.01. The summed E-state index contributed by atoms with van der Waals surface area (Å²) in [4.78, 5) is 22.9. The maximum absolute atomic E-state index is 12.5. The van der Waals surface area contributed by atoms with Gasteiger partial charge in [0.05, 0.1) is 19.5 Å². The van der Waals surface area contributed by atoms with E-state index in [0.29, 0.717) is 11.5 Å². The van der Waals surface area contributed by atoms with Crippen LogP contribution in [0.15, 0.2) is 36.7 Å². The number of rotatable bonds is 4. The van der Waals surface area contributed by atoms with Crippen LogP contribution in [-0.2, 0) is 0 Å². The van der Waals surface area contributed by atoms with Gasteiger partial charge >= 0.3 is 0 Å². The Hall–Kier alpha value is -2.63. The van der Waals surface area contributed by atoms with Gasteiger partial charge in [-0.15, -0.1) is 0 Å². The highest BCUT2D eigenvalue weighted by Gasteiger charge is 2.18. The smallest absolute Gasteiger partial charge is 0.274 e. The van der Waals surface area contributed by atoms with Crippen LogP contribution >= 0.6 is 0 Å². The van der Waals surface area contributed by atoms with Crippen LogP contribution in [0.2, 0.25) is 0 Å². The SMILES string of the molecule is COc1ccc(Nc2cnc(C(=O)N3CCCCCC3)cn2)cc1. The van der Waals surface area contributed by atoms with Crippen molar-refractivity contribution in [3.8, 4) is 5.75 Å². The van der Waals surface area contributed by atoms with Crippen LogP contribution in [0.25, 0.3) is 0 Å². The van der Waals surface area contributed by atoms with Gasteiger partial charge in [0.25, 0.3) is 5.91 Å². The van der Waals surface area contributed by atoms with Crippen LogP contribution in [0.1, 0.15) is 36.2 Å². The number of likely N-dealkylation sites (tertiary alicyclic amines) is 1. The molecule has 0 radical (unpaired) electrons. The molecule has 1 aromatic carbocycles. The minimum Gasteiger partial charge on any atom is -0.497 e. The van der Waals surface area contributed by atoms with Crippen molar-refractivity contribution in [2.75, 3.05) is 25.5 Å². The molecule has 1 aliphatic heterocycles. The van der Waals surface area contributed by atoms with Crippen molar-refractivity contribution in [3.05, 3.63) is 42.4 Å². The molecule has 1 aliphatic rings. The van der Waals surface area contributed by atoms with E-state index in [-0.39, 0.29) is 5.91 Å². The number of nitrogens with one attached hydrogen (secondary N) is 1. The van der Waals surface area contributed by atoms with Gasteiger partial charge in [-0.05, 0) is 37.1 Å². The first-order valence-corrected chi connectivity index (χ1v) is 8.28. The number of amides is 1. The summed E-state index contributed by atoms with van der Waals surface area (Å²) in [6.45, 7) is 1.62. The predicted molar refractivity (Wildman–Crippen MR) is 92.7 cm³/mol. The quantitative estimate of drug-likeness (QED) is 0.934. The average molecular weight is 326 g/mol. The molecule has 1 N–H and O–H groups in total. The molecule has 6 nitrogen and oxygen atoms in total. The fourth-order valence-electron chi connectivity index (χ4n) is 2.76. The molecule has 1 saturated heterocycles. The first-order valence-electron chi connectivity index (χ1n) is 8.28. The van der Waals surface area contributed by atoms with E-state index >= 15 is 0 Å². The number of benzene rings is 1.